The van der Waals surface area contributed by atoms with Gasteiger partial charge in [0.25, 0.3) is 0 Å². The first-order chi connectivity index (χ1) is 7.74. The quantitative estimate of drug-likeness (QED) is 0.787. The molecule has 0 unspecified atom stereocenters. The maximum absolute atomic E-state index is 6.17. The number of aryl methyl sites for hydroxylation is 2. The summed E-state index contributed by atoms with van der Waals surface area (Å²) in [6.07, 6.45) is 3.52. The molecule has 2 N–H and O–H groups in total. The zero-order valence-electron chi connectivity index (χ0n) is 8.66. The van der Waals surface area contributed by atoms with E-state index in [0.717, 1.165) is 17.0 Å². The second-order valence-electron chi connectivity index (χ2n) is 3.98. The zero-order chi connectivity index (χ0) is 11.1. The molecule has 1 heterocycles. The minimum absolute atomic E-state index is 0.687. The number of aromatic nitrogens is 1. The van der Waals surface area contributed by atoms with Gasteiger partial charge in [-0.15, -0.1) is 11.3 Å². The molecular formula is C12H11ClN2S. The molecule has 3 rings (SSSR count). The second-order valence-corrected chi connectivity index (χ2v) is 5.47. The largest absolute Gasteiger partial charge is 0.399 e. The van der Waals surface area contributed by atoms with Gasteiger partial charge in [0, 0.05) is 16.1 Å². The molecule has 0 radical (unpaired) electrons. The van der Waals surface area contributed by atoms with Crippen molar-refractivity contribution >= 4 is 28.6 Å². The third-order valence-electron chi connectivity index (χ3n) is 2.82. The van der Waals surface area contributed by atoms with Crippen LogP contribution < -0.4 is 5.73 Å². The van der Waals surface area contributed by atoms with E-state index in [1.807, 2.05) is 12.1 Å². The lowest BCUT2D eigenvalue weighted by molar-refractivity contribution is 0.900. The highest BCUT2D eigenvalue weighted by molar-refractivity contribution is 7.15. The van der Waals surface area contributed by atoms with Crippen molar-refractivity contribution in [3.63, 3.8) is 0 Å². The van der Waals surface area contributed by atoms with Gasteiger partial charge in [-0.05, 0) is 37.5 Å². The number of thiazole rings is 1. The summed E-state index contributed by atoms with van der Waals surface area (Å²) in [4.78, 5) is 6.06. The first-order valence-corrected chi connectivity index (χ1v) is 6.47. The van der Waals surface area contributed by atoms with Crippen LogP contribution in [0.3, 0.4) is 0 Å². The Morgan fingerprint density at radius 2 is 2.19 bits per heavy atom. The minimum atomic E-state index is 0.687. The Hall–Kier alpha value is -1.06. The fourth-order valence-corrected chi connectivity index (χ4v) is 3.53. The molecule has 2 nitrogen and oxygen atoms in total. The summed E-state index contributed by atoms with van der Waals surface area (Å²) < 4.78 is 0. The highest BCUT2D eigenvalue weighted by atomic mass is 35.5. The molecule has 0 saturated heterocycles. The lowest BCUT2D eigenvalue weighted by atomic mass is 10.2. The molecule has 16 heavy (non-hydrogen) atoms. The van der Waals surface area contributed by atoms with E-state index in [-0.39, 0.29) is 0 Å². The first kappa shape index (κ1) is 10.1. The van der Waals surface area contributed by atoms with Crippen molar-refractivity contribution in [3.05, 3.63) is 33.8 Å². The highest BCUT2D eigenvalue weighted by Gasteiger charge is 2.18. The number of nitrogens with two attached hydrogens (primary N) is 1. The zero-order valence-corrected chi connectivity index (χ0v) is 10.2. The number of nitrogen functional groups attached to an aromatic ring is 1. The first-order valence-electron chi connectivity index (χ1n) is 5.28. The van der Waals surface area contributed by atoms with E-state index in [9.17, 15) is 0 Å². The van der Waals surface area contributed by atoms with Crippen LogP contribution >= 0.6 is 22.9 Å². The second kappa shape index (κ2) is 3.75. The van der Waals surface area contributed by atoms with Gasteiger partial charge in [-0.2, -0.15) is 0 Å². The number of nitrogens with zero attached hydrogens (tertiary/aromatic N) is 1. The smallest absolute Gasteiger partial charge is 0.125 e. The Morgan fingerprint density at radius 1 is 1.31 bits per heavy atom. The Kier molecular flexibility index (Phi) is 2.37. The Bertz CT molecular complexity index is 526. The third kappa shape index (κ3) is 1.60. The van der Waals surface area contributed by atoms with Gasteiger partial charge in [0.15, 0.2) is 0 Å². The topological polar surface area (TPSA) is 38.9 Å². The molecule has 0 aliphatic heterocycles. The van der Waals surface area contributed by atoms with Crippen LogP contribution in [-0.4, -0.2) is 4.98 Å². The predicted octanol–water partition coefficient (Wildman–Crippen LogP) is 3.53. The van der Waals surface area contributed by atoms with Crippen LogP contribution in [0.2, 0.25) is 5.02 Å². The van der Waals surface area contributed by atoms with E-state index in [1.165, 1.54) is 23.4 Å². The molecule has 0 saturated carbocycles. The van der Waals surface area contributed by atoms with Crippen molar-refractivity contribution in [2.24, 2.45) is 0 Å². The van der Waals surface area contributed by atoms with Crippen LogP contribution in [0, 0.1) is 0 Å². The summed E-state index contributed by atoms with van der Waals surface area (Å²) in [7, 11) is 0. The van der Waals surface area contributed by atoms with Crippen LogP contribution in [-0.2, 0) is 12.8 Å². The maximum atomic E-state index is 6.17. The third-order valence-corrected chi connectivity index (χ3v) is 4.32. The number of rotatable bonds is 1. The van der Waals surface area contributed by atoms with Crippen LogP contribution in [0.25, 0.3) is 10.6 Å². The van der Waals surface area contributed by atoms with Gasteiger partial charge >= 0.3 is 0 Å². The van der Waals surface area contributed by atoms with Crippen molar-refractivity contribution in [2.75, 3.05) is 5.73 Å². The van der Waals surface area contributed by atoms with Crippen molar-refractivity contribution in [1.29, 1.82) is 0 Å². The lowest BCUT2D eigenvalue weighted by Gasteiger charge is -2.01. The highest BCUT2D eigenvalue weighted by Crippen LogP contribution is 2.36. The molecular weight excluding hydrogens is 240 g/mol. The summed E-state index contributed by atoms with van der Waals surface area (Å²) in [6, 6.07) is 5.60. The number of benzene rings is 1. The van der Waals surface area contributed by atoms with Gasteiger partial charge in [-0.25, -0.2) is 4.98 Å². The summed E-state index contributed by atoms with van der Waals surface area (Å²) in [5, 5.41) is 1.71. The molecule has 1 aromatic carbocycles. The predicted molar refractivity (Wildman–Crippen MR) is 69.0 cm³/mol. The van der Waals surface area contributed by atoms with Crippen LogP contribution in [0.5, 0.6) is 0 Å². The number of anilines is 1. The monoisotopic (exact) mass is 250 g/mol. The van der Waals surface area contributed by atoms with Gasteiger partial charge in [-0.1, -0.05) is 11.6 Å². The molecule has 0 amide bonds. The maximum Gasteiger partial charge on any atom is 0.125 e. The lowest BCUT2D eigenvalue weighted by Crippen LogP contribution is -1.86. The van der Waals surface area contributed by atoms with Crippen LogP contribution in [0.4, 0.5) is 5.69 Å². The van der Waals surface area contributed by atoms with Crippen molar-refractivity contribution < 1.29 is 0 Å². The Morgan fingerprint density at radius 3 is 2.94 bits per heavy atom. The standard InChI is InChI=1S/C12H11ClN2S/c13-9-6-7(14)4-5-8(9)12-15-10-2-1-3-11(10)16-12/h4-6H,1-3,14H2. The number of hydrogen-bond acceptors (Lipinski definition) is 3. The van der Waals surface area contributed by atoms with E-state index >= 15 is 0 Å². The van der Waals surface area contributed by atoms with E-state index < -0.39 is 0 Å². The molecule has 0 spiro atoms. The average Bonchev–Trinajstić information content (AvgIpc) is 2.76. The van der Waals surface area contributed by atoms with Gasteiger partial charge in [-0.3, -0.25) is 0 Å². The minimum Gasteiger partial charge on any atom is -0.399 e. The van der Waals surface area contributed by atoms with Gasteiger partial charge in [0.2, 0.25) is 0 Å². The summed E-state index contributed by atoms with van der Waals surface area (Å²) >= 11 is 7.93. The fraction of sp³-hybridized carbons (Fsp3) is 0.250. The van der Waals surface area contributed by atoms with E-state index in [4.69, 9.17) is 17.3 Å². The SMILES string of the molecule is Nc1ccc(-c2nc3c(s2)CCC3)c(Cl)c1. The normalized spacial score (nSPS) is 14.1. The van der Waals surface area contributed by atoms with Crippen molar-refractivity contribution in [3.8, 4) is 10.6 Å². The van der Waals surface area contributed by atoms with Crippen molar-refractivity contribution in [1.82, 2.24) is 4.98 Å². The average molecular weight is 251 g/mol. The van der Waals surface area contributed by atoms with Gasteiger partial charge < -0.3 is 5.73 Å². The molecule has 0 fully saturated rings. The summed E-state index contributed by atoms with van der Waals surface area (Å²) in [6.45, 7) is 0. The Balaban J connectivity index is 2.08. The molecule has 0 bridgehead atoms. The van der Waals surface area contributed by atoms with E-state index in [0.29, 0.717) is 10.7 Å². The van der Waals surface area contributed by atoms with Gasteiger partial charge in [0.05, 0.1) is 10.7 Å². The summed E-state index contributed by atoms with van der Waals surface area (Å²) in [5.74, 6) is 0. The van der Waals surface area contributed by atoms with E-state index in [2.05, 4.69) is 4.98 Å². The number of halogens is 1. The molecule has 1 aliphatic rings. The number of fused-ring (bicyclic) bond motifs is 1. The Labute approximate surface area is 103 Å². The molecule has 2 aromatic rings. The van der Waals surface area contributed by atoms with Crippen LogP contribution in [0.1, 0.15) is 17.0 Å². The fourth-order valence-electron chi connectivity index (χ4n) is 2.01. The van der Waals surface area contributed by atoms with Crippen molar-refractivity contribution in [2.45, 2.75) is 19.3 Å². The molecule has 82 valence electrons. The van der Waals surface area contributed by atoms with Gasteiger partial charge in [0.1, 0.15) is 5.01 Å². The molecule has 1 aromatic heterocycles. The van der Waals surface area contributed by atoms with E-state index in [1.54, 1.807) is 17.4 Å². The molecule has 4 heteroatoms. The summed E-state index contributed by atoms with van der Waals surface area (Å²) in [5.41, 5.74) is 8.62. The molecule has 0 atom stereocenters. The molecule has 1 aliphatic carbocycles. The van der Waals surface area contributed by atoms with Crippen LogP contribution in [0.15, 0.2) is 18.2 Å². The number of hydrogen-bond donors (Lipinski definition) is 1.